The Morgan fingerprint density at radius 2 is 1.85 bits per heavy atom. The van der Waals surface area contributed by atoms with Gasteiger partial charge in [-0.15, -0.1) is 0 Å². The van der Waals surface area contributed by atoms with E-state index in [9.17, 15) is 14.9 Å². The number of ether oxygens (including phenoxy) is 1. The van der Waals surface area contributed by atoms with Gasteiger partial charge in [-0.25, -0.2) is 0 Å². The minimum absolute atomic E-state index is 0.114. The molecule has 1 saturated carbocycles. The van der Waals surface area contributed by atoms with E-state index < -0.39 is 6.04 Å². The highest BCUT2D eigenvalue weighted by molar-refractivity contribution is 5.99. The first-order valence-corrected chi connectivity index (χ1v) is 15.7. The number of nitrogens with zero attached hydrogens (tertiary/aromatic N) is 3. The molecule has 2 aromatic rings. The number of benzene rings is 1. The summed E-state index contributed by atoms with van der Waals surface area (Å²) in [4.78, 5) is 29.5. The van der Waals surface area contributed by atoms with Crippen LogP contribution in [-0.4, -0.2) is 66.7 Å². The van der Waals surface area contributed by atoms with E-state index in [4.69, 9.17) is 4.74 Å². The largest absolute Gasteiger partial charge is 0.383 e. The smallest absolute Gasteiger partial charge is 0.268 e. The van der Waals surface area contributed by atoms with Crippen molar-refractivity contribution in [1.82, 2.24) is 20.1 Å². The van der Waals surface area contributed by atoms with E-state index in [1.807, 2.05) is 32.0 Å². The molecule has 224 valence electrons. The zero-order chi connectivity index (χ0) is 29.2. The van der Waals surface area contributed by atoms with E-state index >= 15 is 0 Å². The van der Waals surface area contributed by atoms with E-state index in [2.05, 4.69) is 38.3 Å². The van der Waals surface area contributed by atoms with Crippen molar-refractivity contribution in [1.29, 1.82) is 5.26 Å². The Hall–Kier alpha value is -2.89. The first kappa shape index (κ1) is 31.1. The lowest BCUT2D eigenvalue weighted by Crippen LogP contribution is -2.50. The Morgan fingerprint density at radius 3 is 2.59 bits per heavy atom. The Bertz CT molecular complexity index is 1180. The molecule has 1 aliphatic heterocycles. The van der Waals surface area contributed by atoms with Crippen molar-refractivity contribution >= 4 is 22.7 Å². The standard InChI is InChI=1S/C33H49N5O3/c1-24(2)21-27(23-34)35-32(39)28-11-5-6-12-29(28)36-33(40)31-22-26-10-4-7-13-30(26)38(31)16-8-9-25-14-17-37(18-15-25)19-20-41-3/h4,7,10,13,22,24-25,27-29H,5-6,8-9,11-12,14-21H2,1-3H3,(H,35,39)(H,36,40)/t27-,28+,29-/m0/s1. The summed E-state index contributed by atoms with van der Waals surface area (Å²) in [6, 6.07) is 11.7. The SMILES string of the molecule is COCCN1CCC(CCCn2c(C(=O)N[C@H]3CCCC[C@H]3C(=O)N[C@H](C#N)CC(C)C)cc3ccccc32)CC1. The summed E-state index contributed by atoms with van der Waals surface area (Å²) in [6.07, 6.45) is 8.69. The number of nitrogens with one attached hydrogen (secondary N) is 2. The molecule has 0 radical (unpaired) electrons. The first-order valence-electron chi connectivity index (χ1n) is 15.7. The average Bonchev–Trinajstić information content (AvgIpc) is 3.35. The molecular weight excluding hydrogens is 514 g/mol. The lowest BCUT2D eigenvalue weighted by atomic mass is 9.83. The number of carbonyl (C=O) groups excluding carboxylic acids is 2. The molecule has 2 fully saturated rings. The van der Waals surface area contributed by atoms with Gasteiger partial charge >= 0.3 is 0 Å². The van der Waals surface area contributed by atoms with Gasteiger partial charge in [0.15, 0.2) is 0 Å². The summed E-state index contributed by atoms with van der Waals surface area (Å²) < 4.78 is 7.40. The van der Waals surface area contributed by atoms with Gasteiger partial charge in [-0.3, -0.25) is 9.59 Å². The first-order chi connectivity index (χ1) is 19.9. The average molecular weight is 564 g/mol. The van der Waals surface area contributed by atoms with Gasteiger partial charge in [-0.2, -0.15) is 5.26 Å². The molecule has 2 amide bonds. The van der Waals surface area contributed by atoms with Gasteiger partial charge in [0.05, 0.1) is 18.6 Å². The second kappa shape index (κ2) is 15.4. The van der Waals surface area contributed by atoms with Crippen molar-refractivity contribution in [2.24, 2.45) is 17.8 Å². The fraction of sp³-hybridized carbons (Fsp3) is 0.667. The van der Waals surface area contributed by atoms with E-state index in [1.54, 1.807) is 7.11 Å². The van der Waals surface area contributed by atoms with Crippen LogP contribution in [0, 0.1) is 29.1 Å². The van der Waals surface area contributed by atoms with E-state index in [1.165, 1.54) is 12.8 Å². The normalized spacial score (nSPS) is 21.0. The number of amides is 2. The number of hydrogen-bond acceptors (Lipinski definition) is 5. The number of para-hydroxylation sites is 1. The third-order valence-corrected chi connectivity index (χ3v) is 8.95. The Balaban J connectivity index is 1.40. The lowest BCUT2D eigenvalue weighted by molar-refractivity contribution is -0.127. The molecule has 8 heteroatoms. The molecule has 1 saturated heterocycles. The molecule has 0 unspecified atom stereocenters. The molecule has 8 nitrogen and oxygen atoms in total. The zero-order valence-corrected chi connectivity index (χ0v) is 25.2. The van der Waals surface area contributed by atoms with Gasteiger partial charge in [0.1, 0.15) is 11.7 Å². The molecule has 1 aromatic heterocycles. The van der Waals surface area contributed by atoms with Gasteiger partial charge in [0, 0.05) is 37.1 Å². The van der Waals surface area contributed by atoms with Crippen molar-refractivity contribution in [2.75, 3.05) is 33.4 Å². The van der Waals surface area contributed by atoms with Crippen molar-refractivity contribution in [2.45, 2.75) is 90.3 Å². The highest BCUT2D eigenvalue weighted by atomic mass is 16.5. The van der Waals surface area contributed by atoms with Crippen LogP contribution in [0.1, 0.15) is 82.1 Å². The zero-order valence-electron chi connectivity index (χ0n) is 25.2. The van der Waals surface area contributed by atoms with Crippen LogP contribution in [0.15, 0.2) is 30.3 Å². The third-order valence-electron chi connectivity index (χ3n) is 8.95. The molecule has 2 aliphatic rings. The lowest BCUT2D eigenvalue weighted by Gasteiger charge is -2.32. The predicted molar refractivity (Wildman–Crippen MR) is 162 cm³/mol. The minimum Gasteiger partial charge on any atom is -0.383 e. The van der Waals surface area contributed by atoms with Crippen molar-refractivity contribution < 1.29 is 14.3 Å². The molecular formula is C33H49N5O3. The van der Waals surface area contributed by atoms with Crippen molar-refractivity contribution in [3.05, 3.63) is 36.0 Å². The highest BCUT2D eigenvalue weighted by Crippen LogP contribution is 2.28. The van der Waals surface area contributed by atoms with Crippen molar-refractivity contribution in [3.63, 3.8) is 0 Å². The predicted octanol–water partition coefficient (Wildman–Crippen LogP) is 5.12. The summed E-state index contributed by atoms with van der Waals surface area (Å²) in [5.41, 5.74) is 1.75. The molecule has 1 aliphatic carbocycles. The van der Waals surface area contributed by atoms with E-state index in [0.717, 1.165) is 88.1 Å². The Kier molecular flexibility index (Phi) is 11.6. The molecule has 41 heavy (non-hydrogen) atoms. The monoisotopic (exact) mass is 563 g/mol. The number of fused-ring (bicyclic) bond motifs is 1. The second-order valence-corrected chi connectivity index (χ2v) is 12.5. The van der Waals surface area contributed by atoms with Gasteiger partial charge in [-0.1, -0.05) is 44.9 Å². The molecule has 0 spiro atoms. The van der Waals surface area contributed by atoms with Crippen LogP contribution >= 0.6 is 0 Å². The number of rotatable bonds is 13. The molecule has 1 aromatic carbocycles. The number of aryl methyl sites for hydroxylation is 1. The van der Waals surface area contributed by atoms with Gasteiger partial charge in [0.2, 0.25) is 5.91 Å². The summed E-state index contributed by atoms with van der Waals surface area (Å²) in [6.45, 7) is 8.97. The summed E-state index contributed by atoms with van der Waals surface area (Å²) >= 11 is 0. The van der Waals surface area contributed by atoms with Crippen LogP contribution in [-0.2, 0) is 16.1 Å². The molecule has 0 bridgehead atoms. The summed E-state index contributed by atoms with van der Waals surface area (Å²) in [7, 11) is 1.76. The van der Waals surface area contributed by atoms with Crippen molar-refractivity contribution in [3.8, 4) is 6.07 Å². The number of methoxy groups -OCH3 is 1. The van der Waals surface area contributed by atoms with Crippen LogP contribution in [0.4, 0.5) is 0 Å². The fourth-order valence-corrected chi connectivity index (χ4v) is 6.65. The van der Waals surface area contributed by atoms with E-state index in [-0.39, 0.29) is 23.8 Å². The van der Waals surface area contributed by atoms with Gasteiger partial charge in [0.25, 0.3) is 5.91 Å². The highest BCUT2D eigenvalue weighted by Gasteiger charge is 2.34. The molecule has 4 rings (SSSR count). The number of hydrogen-bond donors (Lipinski definition) is 2. The Morgan fingerprint density at radius 1 is 1.10 bits per heavy atom. The van der Waals surface area contributed by atoms with Gasteiger partial charge in [-0.05, 0) is 82.0 Å². The minimum atomic E-state index is -0.499. The number of carbonyl (C=O) groups is 2. The maximum Gasteiger partial charge on any atom is 0.268 e. The van der Waals surface area contributed by atoms with Gasteiger partial charge < -0.3 is 24.8 Å². The van der Waals surface area contributed by atoms with Crippen LogP contribution in [0.5, 0.6) is 0 Å². The third kappa shape index (κ3) is 8.56. The fourth-order valence-electron chi connectivity index (χ4n) is 6.65. The summed E-state index contributed by atoms with van der Waals surface area (Å²) in [5, 5.41) is 16.8. The van der Waals surface area contributed by atoms with E-state index in [0.29, 0.717) is 18.0 Å². The van der Waals surface area contributed by atoms with Crippen LogP contribution < -0.4 is 10.6 Å². The number of nitriles is 1. The topological polar surface area (TPSA) is 99.4 Å². The maximum absolute atomic E-state index is 13.8. The Labute approximate surface area is 245 Å². The maximum atomic E-state index is 13.8. The molecule has 2 N–H and O–H groups in total. The second-order valence-electron chi connectivity index (χ2n) is 12.5. The van der Waals surface area contributed by atoms with Crippen LogP contribution in [0.2, 0.25) is 0 Å². The summed E-state index contributed by atoms with van der Waals surface area (Å²) in [5.74, 6) is 0.496. The number of piperidine rings is 1. The number of aromatic nitrogens is 1. The molecule has 3 atom stereocenters. The number of likely N-dealkylation sites (tertiary alicyclic amines) is 1. The molecule has 2 heterocycles. The van der Waals surface area contributed by atoms with Crippen LogP contribution in [0.25, 0.3) is 10.9 Å². The quantitative estimate of drug-likeness (QED) is 0.352. The van der Waals surface area contributed by atoms with Crippen LogP contribution in [0.3, 0.4) is 0 Å².